The molecular weight excluding hydrogens is 262 g/mol. The number of likely N-dealkylation sites (tertiary alicyclic amines) is 1. The Bertz CT molecular complexity index is 541. The first-order valence-corrected chi connectivity index (χ1v) is 6.87. The number of hydrogen-bond donors (Lipinski definition) is 1. The second kappa shape index (κ2) is 4.90. The number of furan rings is 1. The molecule has 0 radical (unpaired) electrons. The van der Waals surface area contributed by atoms with Crippen LogP contribution >= 0.6 is 0 Å². The van der Waals surface area contributed by atoms with Crippen LogP contribution in [0.25, 0.3) is 0 Å². The molecule has 1 aromatic heterocycles. The van der Waals surface area contributed by atoms with Crippen LogP contribution in [0.15, 0.2) is 16.5 Å². The van der Waals surface area contributed by atoms with E-state index in [1.165, 1.54) is 12.1 Å². The Morgan fingerprint density at radius 2 is 2.35 bits per heavy atom. The van der Waals surface area contributed by atoms with Gasteiger partial charge in [0.25, 0.3) is 5.91 Å². The topological polar surface area (TPSA) is 88.6 Å². The molecule has 3 unspecified atom stereocenters. The molecule has 3 heterocycles. The fourth-order valence-electron chi connectivity index (χ4n) is 3.46. The maximum Gasteiger partial charge on any atom is 0.433 e. The summed E-state index contributed by atoms with van der Waals surface area (Å²) in [6.45, 7) is 4.63. The van der Waals surface area contributed by atoms with Gasteiger partial charge in [0, 0.05) is 25.7 Å². The smallest absolute Gasteiger partial charge is 0.395 e. The summed E-state index contributed by atoms with van der Waals surface area (Å²) in [5, 5.41) is 14.0. The summed E-state index contributed by atoms with van der Waals surface area (Å²) in [6.07, 6.45) is 0.886. The molecule has 2 fully saturated rings. The van der Waals surface area contributed by atoms with E-state index in [-0.39, 0.29) is 23.6 Å². The molecule has 1 aromatic rings. The summed E-state index contributed by atoms with van der Waals surface area (Å²) in [4.78, 5) is 24.3. The van der Waals surface area contributed by atoms with E-state index in [0.717, 1.165) is 19.5 Å². The number of amides is 1. The van der Waals surface area contributed by atoms with Crippen LogP contribution in [0.4, 0.5) is 5.88 Å². The lowest BCUT2D eigenvalue weighted by Crippen LogP contribution is -2.39. The average molecular weight is 279 g/mol. The van der Waals surface area contributed by atoms with E-state index in [1.54, 1.807) is 0 Å². The van der Waals surface area contributed by atoms with Gasteiger partial charge in [0.15, 0.2) is 5.76 Å². The van der Waals surface area contributed by atoms with E-state index in [9.17, 15) is 14.9 Å². The number of fused-ring (bicyclic) bond motifs is 1. The van der Waals surface area contributed by atoms with Gasteiger partial charge in [0.2, 0.25) is 0 Å². The van der Waals surface area contributed by atoms with Crippen molar-refractivity contribution in [2.45, 2.75) is 19.4 Å². The number of rotatable bonds is 3. The van der Waals surface area contributed by atoms with Gasteiger partial charge >= 0.3 is 5.88 Å². The number of nitro groups is 1. The minimum atomic E-state index is -0.628. The highest BCUT2D eigenvalue weighted by molar-refractivity contribution is 5.92. The molecule has 3 rings (SSSR count). The molecule has 20 heavy (non-hydrogen) atoms. The molecule has 2 saturated heterocycles. The van der Waals surface area contributed by atoms with Crippen LogP contribution in [-0.2, 0) is 0 Å². The molecule has 7 heteroatoms. The van der Waals surface area contributed by atoms with Crippen molar-refractivity contribution in [2.24, 2.45) is 11.8 Å². The van der Waals surface area contributed by atoms with Gasteiger partial charge in [-0.3, -0.25) is 14.9 Å². The SMILES string of the molecule is CCC1C2CNCC2CN1C(=O)c1ccc([N+](=O)[O-])o1. The van der Waals surface area contributed by atoms with Crippen molar-refractivity contribution in [2.75, 3.05) is 19.6 Å². The molecule has 7 nitrogen and oxygen atoms in total. The number of nitrogens with zero attached hydrogens (tertiary/aromatic N) is 2. The summed E-state index contributed by atoms with van der Waals surface area (Å²) < 4.78 is 5.03. The standard InChI is InChI=1S/C13H17N3O4/c1-2-10-9-6-14-5-8(9)7-15(10)13(17)11-3-4-12(20-11)16(18)19/h3-4,8-10,14H,2,5-7H2,1H3. The van der Waals surface area contributed by atoms with Crippen molar-refractivity contribution < 1.29 is 14.1 Å². The zero-order valence-electron chi connectivity index (χ0n) is 11.2. The van der Waals surface area contributed by atoms with Crippen LogP contribution in [0, 0.1) is 22.0 Å². The Morgan fingerprint density at radius 3 is 3.00 bits per heavy atom. The van der Waals surface area contributed by atoms with E-state index in [4.69, 9.17) is 4.42 Å². The molecule has 0 spiro atoms. The lowest BCUT2D eigenvalue weighted by molar-refractivity contribution is -0.402. The molecule has 3 atom stereocenters. The van der Waals surface area contributed by atoms with Gasteiger partial charge < -0.3 is 14.6 Å². The lowest BCUT2D eigenvalue weighted by atomic mass is 9.93. The molecule has 1 N–H and O–H groups in total. The number of nitrogens with one attached hydrogen (secondary N) is 1. The van der Waals surface area contributed by atoms with Gasteiger partial charge in [-0.15, -0.1) is 0 Å². The molecule has 0 saturated carbocycles. The van der Waals surface area contributed by atoms with Crippen LogP contribution in [0.1, 0.15) is 23.9 Å². The van der Waals surface area contributed by atoms with Gasteiger partial charge in [-0.25, -0.2) is 0 Å². The van der Waals surface area contributed by atoms with Crippen molar-refractivity contribution in [1.29, 1.82) is 0 Å². The van der Waals surface area contributed by atoms with E-state index >= 15 is 0 Å². The van der Waals surface area contributed by atoms with Crippen molar-refractivity contribution in [3.05, 3.63) is 28.0 Å². The highest BCUT2D eigenvalue weighted by Crippen LogP contribution is 2.35. The quantitative estimate of drug-likeness (QED) is 0.664. The van der Waals surface area contributed by atoms with Gasteiger partial charge in [0.05, 0.1) is 6.07 Å². The summed E-state index contributed by atoms with van der Waals surface area (Å²) in [6, 6.07) is 2.80. The van der Waals surface area contributed by atoms with Crippen LogP contribution in [0.2, 0.25) is 0 Å². The number of carbonyl (C=O) groups excluding carboxylic acids is 1. The van der Waals surface area contributed by atoms with E-state index in [0.29, 0.717) is 18.4 Å². The van der Waals surface area contributed by atoms with Crippen LogP contribution in [-0.4, -0.2) is 41.4 Å². The van der Waals surface area contributed by atoms with Gasteiger partial charge in [0.1, 0.15) is 4.92 Å². The van der Waals surface area contributed by atoms with Crippen molar-refractivity contribution >= 4 is 11.8 Å². The Balaban J connectivity index is 1.81. The second-order valence-electron chi connectivity index (χ2n) is 5.41. The Hall–Kier alpha value is -1.89. The highest BCUT2D eigenvalue weighted by atomic mass is 16.6. The van der Waals surface area contributed by atoms with Crippen molar-refractivity contribution in [3.63, 3.8) is 0 Å². The van der Waals surface area contributed by atoms with Crippen LogP contribution in [0.3, 0.4) is 0 Å². The number of carbonyl (C=O) groups is 1. The minimum Gasteiger partial charge on any atom is -0.395 e. The van der Waals surface area contributed by atoms with E-state index in [2.05, 4.69) is 12.2 Å². The fourth-order valence-corrected chi connectivity index (χ4v) is 3.46. The summed E-state index contributed by atoms with van der Waals surface area (Å²) >= 11 is 0. The van der Waals surface area contributed by atoms with E-state index < -0.39 is 4.92 Å². The maximum atomic E-state index is 12.5. The third-order valence-corrected chi connectivity index (χ3v) is 4.38. The first kappa shape index (κ1) is 13.1. The lowest BCUT2D eigenvalue weighted by Gasteiger charge is -2.25. The zero-order chi connectivity index (χ0) is 14.3. The molecule has 108 valence electrons. The minimum absolute atomic E-state index is 0.0584. The predicted molar refractivity (Wildman–Crippen MR) is 70.3 cm³/mol. The second-order valence-corrected chi connectivity index (χ2v) is 5.41. The van der Waals surface area contributed by atoms with Gasteiger partial charge in [-0.1, -0.05) is 6.92 Å². The predicted octanol–water partition coefficient (Wildman–Crippen LogP) is 1.26. The van der Waals surface area contributed by atoms with Gasteiger partial charge in [-0.2, -0.15) is 0 Å². The Morgan fingerprint density at radius 1 is 1.55 bits per heavy atom. The number of hydrogen-bond acceptors (Lipinski definition) is 5. The fraction of sp³-hybridized carbons (Fsp3) is 0.615. The monoisotopic (exact) mass is 279 g/mol. The Labute approximate surface area is 116 Å². The van der Waals surface area contributed by atoms with Crippen LogP contribution < -0.4 is 5.32 Å². The normalized spacial score (nSPS) is 28.6. The summed E-state index contributed by atoms with van der Waals surface area (Å²) in [5.41, 5.74) is 0. The first-order valence-electron chi connectivity index (χ1n) is 6.87. The molecule has 2 aliphatic heterocycles. The average Bonchev–Trinajstić information content (AvgIpc) is 3.12. The third-order valence-electron chi connectivity index (χ3n) is 4.38. The molecule has 1 amide bonds. The van der Waals surface area contributed by atoms with Crippen molar-refractivity contribution in [3.8, 4) is 0 Å². The molecule has 2 aliphatic rings. The van der Waals surface area contributed by atoms with E-state index in [1.807, 2.05) is 4.90 Å². The highest BCUT2D eigenvalue weighted by Gasteiger charge is 2.45. The third kappa shape index (κ3) is 1.98. The molecular formula is C13H17N3O4. The first-order chi connectivity index (χ1) is 9.61. The zero-order valence-corrected chi connectivity index (χ0v) is 11.2. The van der Waals surface area contributed by atoms with Gasteiger partial charge in [-0.05, 0) is 24.3 Å². The molecule has 0 aromatic carbocycles. The largest absolute Gasteiger partial charge is 0.433 e. The van der Waals surface area contributed by atoms with Crippen molar-refractivity contribution in [1.82, 2.24) is 10.2 Å². The Kier molecular flexibility index (Phi) is 3.21. The van der Waals surface area contributed by atoms with Crippen LogP contribution in [0.5, 0.6) is 0 Å². The maximum absolute atomic E-state index is 12.5. The molecule has 0 aliphatic carbocycles. The summed E-state index contributed by atoms with van der Waals surface area (Å²) in [7, 11) is 0. The summed E-state index contributed by atoms with van der Waals surface area (Å²) in [5.74, 6) is 0.396. The molecule has 0 bridgehead atoms.